The van der Waals surface area contributed by atoms with Gasteiger partial charge in [-0.1, -0.05) is 0 Å². The molecule has 4 heteroatoms. The number of hydrogen-bond acceptors (Lipinski definition) is 4. The molecule has 0 saturated heterocycles. The Morgan fingerprint density at radius 1 is 1.27 bits per heavy atom. The molecule has 0 atom stereocenters. The molecule has 0 spiro atoms. The number of nitrogens with zero attached hydrogens (tertiary/aromatic N) is 1. The summed E-state index contributed by atoms with van der Waals surface area (Å²) in [6, 6.07) is 0. The number of hydrogen-bond donors (Lipinski definition) is 3. The van der Waals surface area contributed by atoms with Gasteiger partial charge in [0, 0.05) is 5.70 Å². The lowest BCUT2D eigenvalue weighted by molar-refractivity contribution is 1.21. The molecule has 0 aliphatic carbocycles. The monoisotopic (exact) mass is 154 g/mol. The van der Waals surface area contributed by atoms with Gasteiger partial charge in [-0.2, -0.15) is 5.10 Å². The minimum atomic E-state index is 0.329. The molecule has 0 aliphatic heterocycles. The summed E-state index contributed by atoms with van der Waals surface area (Å²) in [7, 11) is 0. The number of nitrogens with two attached hydrogens (primary N) is 2. The molecular weight excluding hydrogens is 140 g/mol. The highest BCUT2D eigenvalue weighted by atomic mass is 15.1. The molecule has 0 aliphatic rings. The van der Waals surface area contributed by atoms with Crippen molar-refractivity contribution < 1.29 is 0 Å². The van der Waals surface area contributed by atoms with Crippen molar-refractivity contribution in [1.82, 2.24) is 0 Å². The number of hydrazone groups is 1. The van der Waals surface area contributed by atoms with Crippen molar-refractivity contribution in [2.45, 2.75) is 20.8 Å². The van der Waals surface area contributed by atoms with Crippen molar-refractivity contribution in [2.24, 2.45) is 16.7 Å². The fraction of sp³-hybridized carbons (Fsp3) is 0.429. The first kappa shape index (κ1) is 9.68. The van der Waals surface area contributed by atoms with E-state index >= 15 is 0 Å². The van der Waals surface area contributed by atoms with Crippen LogP contribution in [0.1, 0.15) is 20.8 Å². The van der Waals surface area contributed by atoms with Crippen LogP contribution < -0.4 is 11.6 Å². The van der Waals surface area contributed by atoms with Crippen molar-refractivity contribution in [2.75, 3.05) is 0 Å². The van der Waals surface area contributed by atoms with Gasteiger partial charge < -0.3 is 17.0 Å². The molecule has 0 saturated carbocycles. The molecule has 0 heterocycles. The number of allylic oxidation sites excluding steroid dienone is 2. The molecule has 0 amide bonds. The van der Waals surface area contributed by atoms with Gasteiger partial charge in [0.1, 0.15) is 5.71 Å². The van der Waals surface area contributed by atoms with E-state index in [1.165, 1.54) is 0 Å². The predicted molar refractivity (Wildman–Crippen MR) is 47.6 cm³/mol. The lowest BCUT2D eigenvalue weighted by Crippen LogP contribution is -2.16. The molecule has 0 radical (unpaired) electrons. The molecule has 0 aromatic heterocycles. The van der Waals surface area contributed by atoms with Crippen LogP contribution in [0.15, 0.2) is 16.4 Å². The third kappa shape index (κ3) is 2.41. The van der Waals surface area contributed by atoms with Crippen LogP contribution >= 0.6 is 0 Å². The Labute approximate surface area is 66.5 Å². The van der Waals surface area contributed by atoms with E-state index in [1.54, 1.807) is 20.8 Å². The van der Waals surface area contributed by atoms with Crippen LogP contribution in [-0.2, 0) is 0 Å². The van der Waals surface area contributed by atoms with Gasteiger partial charge in [0.05, 0.1) is 5.71 Å². The molecule has 0 aromatic rings. The van der Waals surface area contributed by atoms with Gasteiger partial charge in [-0.05, 0) is 26.3 Å². The SMILES string of the molecule is CC(=N)C(=N/N)/C(C)=C(/C)N. The number of rotatable bonds is 2. The van der Waals surface area contributed by atoms with Gasteiger partial charge in [0.15, 0.2) is 0 Å². The Morgan fingerprint density at radius 3 is 1.82 bits per heavy atom. The Balaban J connectivity index is 4.85. The van der Waals surface area contributed by atoms with Crippen LogP contribution in [0.2, 0.25) is 0 Å². The predicted octanol–water partition coefficient (Wildman–Crippen LogP) is 0.593. The molecule has 0 aromatic carbocycles. The lowest BCUT2D eigenvalue weighted by atomic mass is 10.1. The molecule has 0 rings (SSSR count). The van der Waals surface area contributed by atoms with Crippen LogP contribution in [0, 0.1) is 5.41 Å². The van der Waals surface area contributed by atoms with Crippen LogP contribution in [0.5, 0.6) is 0 Å². The molecule has 0 fully saturated rings. The summed E-state index contributed by atoms with van der Waals surface area (Å²) in [6.07, 6.45) is 0. The molecule has 11 heavy (non-hydrogen) atoms. The summed E-state index contributed by atoms with van der Waals surface area (Å²) in [5.41, 5.74) is 7.69. The first-order valence-electron chi connectivity index (χ1n) is 3.27. The summed E-state index contributed by atoms with van der Waals surface area (Å²) in [6.45, 7) is 5.17. The largest absolute Gasteiger partial charge is 0.402 e. The maximum absolute atomic E-state index is 7.27. The van der Waals surface area contributed by atoms with Gasteiger partial charge in [0.25, 0.3) is 0 Å². The Morgan fingerprint density at radius 2 is 1.73 bits per heavy atom. The minimum Gasteiger partial charge on any atom is -0.402 e. The van der Waals surface area contributed by atoms with Gasteiger partial charge in [-0.3, -0.25) is 0 Å². The van der Waals surface area contributed by atoms with E-state index in [1.807, 2.05) is 0 Å². The second-order valence-electron chi connectivity index (χ2n) is 2.41. The lowest BCUT2D eigenvalue weighted by Gasteiger charge is -2.04. The minimum absolute atomic E-state index is 0.329. The average molecular weight is 154 g/mol. The maximum atomic E-state index is 7.27. The summed E-state index contributed by atoms with van der Waals surface area (Å²) in [5.74, 6) is 5.07. The van der Waals surface area contributed by atoms with E-state index in [-0.39, 0.29) is 0 Å². The third-order valence-corrected chi connectivity index (χ3v) is 1.43. The fourth-order valence-corrected chi connectivity index (χ4v) is 0.662. The zero-order valence-corrected chi connectivity index (χ0v) is 7.10. The Bertz CT molecular complexity index is 221. The zero-order valence-electron chi connectivity index (χ0n) is 7.10. The molecular formula is C7H14N4. The molecule has 5 N–H and O–H groups in total. The van der Waals surface area contributed by atoms with E-state index < -0.39 is 0 Å². The van der Waals surface area contributed by atoms with Crippen LogP contribution in [-0.4, -0.2) is 11.4 Å². The fourth-order valence-electron chi connectivity index (χ4n) is 0.662. The molecule has 4 nitrogen and oxygen atoms in total. The van der Waals surface area contributed by atoms with E-state index in [0.717, 1.165) is 5.57 Å². The van der Waals surface area contributed by atoms with Crippen LogP contribution in [0.4, 0.5) is 0 Å². The van der Waals surface area contributed by atoms with Gasteiger partial charge in [-0.25, -0.2) is 0 Å². The highest BCUT2D eigenvalue weighted by Crippen LogP contribution is 2.00. The maximum Gasteiger partial charge on any atom is 0.108 e. The first-order valence-corrected chi connectivity index (χ1v) is 3.27. The van der Waals surface area contributed by atoms with Crippen molar-refractivity contribution in [3.05, 3.63) is 11.3 Å². The van der Waals surface area contributed by atoms with E-state index in [2.05, 4.69) is 5.10 Å². The van der Waals surface area contributed by atoms with E-state index in [9.17, 15) is 0 Å². The Hall–Kier alpha value is -1.32. The zero-order chi connectivity index (χ0) is 9.02. The van der Waals surface area contributed by atoms with Crippen molar-refractivity contribution in [3.63, 3.8) is 0 Å². The van der Waals surface area contributed by atoms with Crippen molar-refractivity contribution in [1.29, 1.82) is 5.41 Å². The summed E-state index contributed by atoms with van der Waals surface area (Å²) < 4.78 is 0. The first-order chi connectivity index (χ1) is 5.00. The van der Waals surface area contributed by atoms with Crippen molar-refractivity contribution in [3.8, 4) is 0 Å². The average Bonchev–Trinajstić information content (AvgIpc) is 1.88. The molecule has 62 valence electrons. The second kappa shape index (κ2) is 3.75. The summed E-state index contributed by atoms with van der Waals surface area (Å²) in [4.78, 5) is 0. The number of nitrogens with one attached hydrogen (secondary N) is 1. The normalized spacial score (nSPS) is 14.3. The van der Waals surface area contributed by atoms with Crippen LogP contribution in [0.3, 0.4) is 0 Å². The topological polar surface area (TPSA) is 88.2 Å². The van der Waals surface area contributed by atoms with Gasteiger partial charge >= 0.3 is 0 Å². The summed E-state index contributed by atoms with van der Waals surface area (Å²) >= 11 is 0. The quantitative estimate of drug-likeness (QED) is 0.309. The highest BCUT2D eigenvalue weighted by Gasteiger charge is 2.05. The van der Waals surface area contributed by atoms with Gasteiger partial charge in [0.2, 0.25) is 0 Å². The summed E-state index contributed by atoms with van der Waals surface area (Å²) in [5, 5.41) is 10.7. The van der Waals surface area contributed by atoms with Crippen LogP contribution in [0.25, 0.3) is 0 Å². The van der Waals surface area contributed by atoms with E-state index in [0.29, 0.717) is 17.1 Å². The smallest absolute Gasteiger partial charge is 0.108 e. The highest BCUT2D eigenvalue weighted by molar-refractivity contribution is 6.46. The molecule has 0 bridgehead atoms. The van der Waals surface area contributed by atoms with Crippen molar-refractivity contribution >= 4 is 11.4 Å². The molecule has 0 unspecified atom stereocenters. The second-order valence-corrected chi connectivity index (χ2v) is 2.41. The third-order valence-electron chi connectivity index (χ3n) is 1.43. The standard InChI is InChI=1S/C7H14N4/c1-4(5(2)8)7(11-10)6(3)9/h9H,8,10H2,1-3H3/b5-4-,9-6?,11-7+. The Kier molecular flexibility index (Phi) is 3.30. The van der Waals surface area contributed by atoms with Gasteiger partial charge in [-0.15, -0.1) is 0 Å². The van der Waals surface area contributed by atoms with E-state index in [4.69, 9.17) is 17.0 Å².